The zero-order valence-corrected chi connectivity index (χ0v) is 19.0. The second-order valence-electron chi connectivity index (χ2n) is 8.24. The first-order valence-electron chi connectivity index (χ1n) is 11.1. The van der Waals surface area contributed by atoms with Crippen LogP contribution in [0.4, 0.5) is 13.6 Å². The molecular formula is C25H25F2N3O4. The smallest absolute Gasteiger partial charge is 0.409 e. The summed E-state index contributed by atoms with van der Waals surface area (Å²) < 4.78 is 32.9. The fraction of sp³-hybridized carbons (Fsp3) is 0.320. The van der Waals surface area contributed by atoms with Crippen molar-refractivity contribution < 1.29 is 28.2 Å². The molecule has 4 rings (SSSR count). The van der Waals surface area contributed by atoms with Crippen LogP contribution < -0.4 is 0 Å². The Morgan fingerprint density at radius 3 is 2.32 bits per heavy atom. The maximum absolute atomic E-state index is 13.9. The Labute approximate surface area is 195 Å². The van der Waals surface area contributed by atoms with E-state index in [4.69, 9.17) is 4.74 Å². The number of phenols is 1. The summed E-state index contributed by atoms with van der Waals surface area (Å²) in [6.45, 7) is 5.69. The van der Waals surface area contributed by atoms with E-state index in [0.29, 0.717) is 49.6 Å². The van der Waals surface area contributed by atoms with E-state index in [1.54, 1.807) is 34.1 Å². The highest BCUT2D eigenvalue weighted by Gasteiger charge is 2.26. The summed E-state index contributed by atoms with van der Waals surface area (Å²) >= 11 is 0. The lowest BCUT2D eigenvalue weighted by atomic mass is 10.0. The van der Waals surface area contributed by atoms with Crippen LogP contribution in [0, 0.1) is 18.6 Å². The highest BCUT2D eigenvalue weighted by atomic mass is 19.1. The van der Waals surface area contributed by atoms with Crippen LogP contribution in [0.5, 0.6) is 5.75 Å². The second-order valence-corrected chi connectivity index (χ2v) is 8.24. The molecule has 0 saturated carbocycles. The Morgan fingerprint density at radius 1 is 1.03 bits per heavy atom. The largest absolute Gasteiger partial charge is 0.503 e. The summed E-state index contributed by atoms with van der Waals surface area (Å²) in [5.74, 6) is -3.37. The molecule has 0 atom stereocenters. The number of benzene rings is 2. The van der Waals surface area contributed by atoms with Gasteiger partial charge in [-0.2, -0.15) is 0 Å². The summed E-state index contributed by atoms with van der Waals surface area (Å²) in [7, 11) is 0. The Bertz CT molecular complexity index is 1230. The molecule has 2 aromatic carbocycles. The number of phenolic OH excluding ortho intramolecular Hbond substituents is 1. The normalized spacial score (nSPS) is 13.9. The first kappa shape index (κ1) is 23.4. The van der Waals surface area contributed by atoms with Gasteiger partial charge in [-0.25, -0.2) is 18.6 Å². The van der Waals surface area contributed by atoms with Gasteiger partial charge in [0, 0.05) is 42.7 Å². The number of hydrogen-bond acceptors (Lipinski definition) is 5. The molecule has 0 aliphatic carbocycles. The minimum Gasteiger partial charge on any atom is -0.503 e. The molecule has 0 bridgehead atoms. The first-order chi connectivity index (χ1) is 16.3. The molecule has 178 valence electrons. The van der Waals surface area contributed by atoms with Crippen molar-refractivity contribution >= 4 is 22.9 Å². The van der Waals surface area contributed by atoms with Gasteiger partial charge in [0.1, 0.15) is 0 Å². The summed E-state index contributed by atoms with van der Waals surface area (Å²) in [5, 5.41) is 10.2. The highest BCUT2D eigenvalue weighted by molar-refractivity contribution is 5.98. The van der Waals surface area contributed by atoms with E-state index < -0.39 is 17.4 Å². The van der Waals surface area contributed by atoms with Crippen LogP contribution in [0.1, 0.15) is 29.3 Å². The molecule has 1 aliphatic heterocycles. The van der Waals surface area contributed by atoms with Gasteiger partial charge in [-0.15, -0.1) is 0 Å². The van der Waals surface area contributed by atoms with Crippen LogP contribution >= 0.6 is 0 Å². The number of nitrogens with zero attached hydrogens (tertiary/aromatic N) is 3. The lowest BCUT2D eigenvalue weighted by Crippen LogP contribution is -2.50. The number of carbonyl (C=O) groups is 2. The van der Waals surface area contributed by atoms with Gasteiger partial charge in [-0.3, -0.25) is 4.79 Å². The predicted octanol–water partition coefficient (Wildman–Crippen LogP) is 4.50. The van der Waals surface area contributed by atoms with Crippen LogP contribution in [0.15, 0.2) is 36.4 Å². The van der Waals surface area contributed by atoms with E-state index in [2.05, 4.69) is 4.98 Å². The molecule has 1 fully saturated rings. The molecule has 1 saturated heterocycles. The fourth-order valence-corrected chi connectivity index (χ4v) is 3.95. The number of ether oxygens (including phenoxy) is 1. The highest BCUT2D eigenvalue weighted by Crippen LogP contribution is 2.30. The lowest BCUT2D eigenvalue weighted by Gasteiger charge is -2.34. The molecule has 34 heavy (non-hydrogen) atoms. The van der Waals surface area contributed by atoms with Crippen LogP contribution in [0.3, 0.4) is 0 Å². The van der Waals surface area contributed by atoms with Gasteiger partial charge < -0.3 is 19.6 Å². The number of fused-ring (bicyclic) bond motifs is 1. The van der Waals surface area contributed by atoms with Crippen LogP contribution in [0.2, 0.25) is 0 Å². The Balaban J connectivity index is 1.56. The molecular weight excluding hydrogens is 444 g/mol. The van der Waals surface area contributed by atoms with E-state index in [-0.39, 0.29) is 17.6 Å². The number of rotatable bonds is 4. The van der Waals surface area contributed by atoms with Crippen molar-refractivity contribution in [2.75, 3.05) is 32.8 Å². The van der Waals surface area contributed by atoms with Crippen LogP contribution in [-0.4, -0.2) is 64.7 Å². The summed E-state index contributed by atoms with van der Waals surface area (Å²) in [6, 6.07) is 8.92. The van der Waals surface area contributed by atoms with Gasteiger partial charge in [0.15, 0.2) is 17.4 Å². The van der Waals surface area contributed by atoms with Crippen molar-refractivity contribution in [3.05, 3.63) is 59.2 Å². The molecule has 9 heteroatoms. The molecule has 0 radical (unpaired) electrons. The average molecular weight is 469 g/mol. The van der Waals surface area contributed by atoms with E-state index >= 15 is 0 Å². The number of aryl methyl sites for hydroxylation is 1. The summed E-state index contributed by atoms with van der Waals surface area (Å²) in [4.78, 5) is 32.9. The third-order valence-electron chi connectivity index (χ3n) is 5.83. The monoisotopic (exact) mass is 469 g/mol. The standard InChI is InChI=1S/C25H25F2N3O4/c1-3-10-34-25(33)30-8-6-29(7-9-30)24(32)16-4-5-18-15(2)11-21(28-22(18)14-16)17-12-19(26)23(31)20(27)13-17/h4-5,11-14,31H,3,6-10H2,1-2H3. The molecule has 1 aromatic heterocycles. The van der Waals surface area contributed by atoms with Gasteiger partial charge in [0.05, 0.1) is 17.8 Å². The van der Waals surface area contributed by atoms with Crippen molar-refractivity contribution in [2.45, 2.75) is 20.3 Å². The number of carbonyl (C=O) groups excluding carboxylic acids is 2. The lowest BCUT2D eigenvalue weighted by molar-refractivity contribution is 0.0560. The van der Waals surface area contributed by atoms with E-state index in [0.717, 1.165) is 29.5 Å². The summed E-state index contributed by atoms with van der Waals surface area (Å²) in [5.41, 5.74) is 2.28. The Kier molecular flexibility index (Phi) is 6.63. The second kappa shape index (κ2) is 9.62. The first-order valence-corrected chi connectivity index (χ1v) is 11.1. The molecule has 3 aromatic rings. The molecule has 7 nitrogen and oxygen atoms in total. The minimum absolute atomic E-state index is 0.181. The van der Waals surface area contributed by atoms with Crippen LogP contribution in [0.25, 0.3) is 22.2 Å². The number of halogens is 2. The predicted molar refractivity (Wildman–Crippen MR) is 123 cm³/mol. The maximum Gasteiger partial charge on any atom is 0.409 e. The molecule has 0 spiro atoms. The SMILES string of the molecule is CCCOC(=O)N1CCN(C(=O)c2ccc3c(C)cc(-c4cc(F)c(O)c(F)c4)nc3c2)CC1. The number of aromatic nitrogens is 1. The van der Waals surface area contributed by atoms with Crippen molar-refractivity contribution in [3.63, 3.8) is 0 Å². The number of aromatic hydroxyl groups is 1. The van der Waals surface area contributed by atoms with Gasteiger partial charge in [0.25, 0.3) is 5.91 Å². The number of amides is 2. The zero-order valence-electron chi connectivity index (χ0n) is 19.0. The third kappa shape index (κ3) is 4.64. The van der Waals surface area contributed by atoms with Crippen molar-refractivity contribution in [3.8, 4) is 17.0 Å². The molecule has 2 heterocycles. The van der Waals surface area contributed by atoms with E-state index in [1.165, 1.54) is 0 Å². The molecule has 2 amide bonds. The average Bonchev–Trinajstić information content (AvgIpc) is 2.84. The van der Waals surface area contributed by atoms with Gasteiger partial charge in [-0.1, -0.05) is 13.0 Å². The molecule has 0 unspecified atom stereocenters. The van der Waals surface area contributed by atoms with Gasteiger partial charge >= 0.3 is 6.09 Å². The fourth-order valence-electron chi connectivity index (χ4n) is 3.95. The Morgan fingerprint density at radius 2 is 1.68 bits per heavy atom. The third-order valence-corrected chi connectivity index (χ3v) is 5.83. The van der Waals surface area contributed by atoms with E-state index in [1.807, 2.05) is 13.8 Å². The van der Waals surface area contributed by atoms with E-state index in [9.17, 15) is 23.5 Å². The van der Waals surface area contributed by atoms with Crippen molar-refractivity contribution in [1.29, 1.82) is 0 Å². The van der Waals surface area contributed by atoms with Gasteiger partial charge in [-0.05, 0) is 49.2 Å². The quantitative estimate of drug-likeness (QED) is 0.609. The topological polar surface area (TPSA) is 83.0 Å². The van der Waals surface area contributed by atoms with Gasteiger partial charge in [0.2, 0.25) is 0 Å². The minimum atomic E-state index is -1.07. The molecule has 1 N–H and O–H groups in total. The Hall–Kier alpha value is -3.75. The number of pyridine rings is 1. The maximum atomic E-state index is 13.9. The molecule has 1 aliphatic rings. The number of piperazine rings is 1. The van der Waals surface area contributed by atoms with Crippen molar-refractivity contribution in [2.24, 2.45) is 0 Å². The van der Waals surface area contributed by atoms with Crippen LogP contribution in [-0.2, 0) is 4.74 Å². The summed E-state index contributed by atoms with van der Waals surface area (Å²) in [6.07, 6.45) is 0.381. The van der Waals surface area contributed by atoms with Crippen molar-refractivity contribution in [1.82, 2.24) is 14.8 Å². The zero-order chi connectivity index (χ0) is 24.4. The number of hydrogen-bond donors (Lipinski definition) is 1.